The molecule has 2 rings (SSSR count). The molecule has 0 spiro atoms. The van der Waals surface area contributed by atoms with Gasteiger partial charge in [0.15, 0.2) is 0 Å². The van der Waals surface area contributed by atoms with Crippen LogP contribution >= 0.6 is 11.8 Å². The molecule has 2 aromatic carbocycles. The van der Waals surface area contributed by atoms with Crippen molar-refractivity contribution in [2.45, 2.75) is 31.7 Å². The number of hydrogen-bond acceptors (Lipinski definition) is 2. The van der Waals surface area contributed by atoms with Crippen molar-refractivity contribution in [3.8, 4) is 0 Å². The molecule has 20 heavy (non-hydrogen) atoms. The van der Waals surface area contributed by atoms with E-state index in [4.69, 9.17) is 0 Å². The van der Waals surface area contributed by atoms with Crippen molar-refractivity contribution in [3.63, 3.8) is 0 Å². The second-order valence-electron chi connectivity index (χ2n) is 5.29. The molecular formula is C18H23NS. The van der Waals surface area contributed by atoms with Crippen LogP contribution in [0, 0.1) is 20.8 Å². The highest BCUT2D eigenvalue weighted by Gasteiger charge is 2.15. The summed E-state index contributed by atoms with van der Waals surface area (Å²) in [5.74, 6) is 0. The Morgan fingerprint density at radius 1 is 0.900 bits per heavy atom. The molecule has 2 aromatic rings. The van der Waals surface area contributed by atoms with Gasteiger partial charge in [-0.15, -0.1) is 11.8 Å². The molecule has 0 aliphatic carbocycles. The minimum atomic E-state index is 0.255. The maximum Gasteiger partial charge on any atom is 0.0577 e. The van der Waals surface area contributed by atoms with E-state index >= 15 is 0 Å². The summed E-state index contributed by atoms with van der Waals surface area (Å²) in [6.45, 7) is 6.55. The van der Waals surface area contributed by atoms with E-state index in [1.54, 1.807) is 11.8 Å². The quantitative estimate of drug-likeness (QED) is 0.821. The van der Waals surface area contributed by atoms with Crippen LogP contribution in [0.4, 0.5) is 0 Å². The molecule has 0 bridgehead atoms. The van der Waals surface area contributed by atoms with E-state index in [0.717, 1.165) is 0 Å². The molecule has 1 nitrogen and oxygen atoms in total. The smallest absolute Gasteiger partial charge is 0.0577 e. The fourth-order valence-electron chi connectivity index (χ4n) is 2.59. The predicted octanol–water partition coefficient (Wildman–Crippen LogP) is 4.64. The third kappa shape index (κ3) is 3.08. The summed E-state index contributed by atoms with van der Waals surface area (Å²) in [7, 11) is 2.03. The van der Waals surface area contributed by atoms with E-state index < -0.39 is 0 Å². The Bertz CT molecular complexity index is 587. The van der Waals surface area contributed by atoms with Crippen LogP contribution in [0.1, 0.15) is 33.9 Å². The van der Waals surface area contributed by atoms with E-state index in [9.17, 15) is 0 Å². The third-order valence-electron chi connectivity index (χ3n) is 3.93. The first kappa shape index (κ1) is 15.1. The number of benzene rings is 2. The Kier molecular flexibility index (Phi) is 4.90. The Morgan fingerprint density at radius 2 is 1.50 bits per heavy atom. The largest absolute Gasteiger partial charge is 0.309 e. The lowest BCUT2D eigenvalue weighted by Gasteiger charge is -2.21. The monoisotopic (exact) mass is 285 g/mol. The van der Waals surface area contributed by atoms with Crippen LogP contribution in [0.3, 0.4) is 0 Å². The predicted molar refractivity (Wildman–Crippen MR) is 89.8 cm³/mol. The Labute approximate surface area is 126 Å². The molecule has 0 amide bonds. The van der Waals surface area contributed by atoms with Gasteiger partial charge in [-0.3, -0.25) is 0 Å². The van der Waals surface area contributed by atoms with Gasteiger partial charge < -0.3 is 5.32 Å². The average Bonchev–Trinajstić information content (AvgIpc) is 2.46. The van der Waals surface area contributed by atoms with Crippen LogP contribution in [-0.4, -0.2) is 13.3 Å². The van der Waals surface area contributed by atoms with Crippen LogP contribution in [-0.2, 0) is 0 Å². The molecule has 106 valence electrons. The molecule has 0 saturated heterocycles. The van der Waals surface area contributed by atoms with E-state index in [-0.39, 0.29) is 6.04 Å². The van der Waals surface area contributed by atoms with Gasteiger partial charge in [0.1, 0.15) is 0 Å². The molecule has 2 heteroatoms. The van der Waals surface area contributed by atoms with Gasteiger partial charge in [-0.05, 0) is 74.0 Å². The molecule has 0 aromatic heterocycles. The van der Waals surface area contributed by atoms with Crippen molar-refractivity contribution in [2.24, 2.45) is 0 Å². The summed E-state index contributed by atoms with van der Waals surface area (Å²) in [4.78, 5) is 1.31. The highest BCUT2D eigenvalue weighted by Crippen LogP contribution is 2.28. The maximum absolute atomic E-state index is 3.45. The molecule has 0 aliphatic rings. The summed E-state index contributed by atoms with van der Waals surface area (Å²) in [6, 6.07) is 13.7. The van der Waals surface area contributed by atoms with E-state index in [1.165, 1.54) is 32.7 Å². The summed E-state index contributed by atoms with van der Waals surface area (Å²) in [5.41, 5.74) is 6.75. The number of aryl methyl sites for hydroxylation is 3. The van der Waals surface area contributed by atoms with Crippen molar-refractivity contribution in [3.05, 3.63) is 64.2 Å². The van der Waals surface area contributed by atoms with Gasteiger partial charge in [0.25, 0.3) is 0 Å². The number of hydrogen-bond donors (Lipinski definition) is 1. The van der Waals surface area contributed by atoms with Crippen molar-refractivity contribution in [2.75, 3.05) is 13.3 Å². The fraction of sp³-hybridized carbons (Fsp3) is 0.333. The summed E-state index contributed by atoms with van der Waals surface area (Å²) in [5, 5.41) is 3.45. The average molecular weight is 285 g/mol. The van der Waals surface area contributed by atoms with Crippen molar-refractivity contribution in [1.29, 1.82) is 0 Å². The fourth-order valence-corrected chi connectivity index (χ4v) is 3.00. The van der Waals surface area contributed by atoms with Crippen molar-refractivity contribution in [1.82, 2.24) is 5.32 Å². The molecule has 0 saturated carbocycles. The SMILES string of the molecule is CNC(c1ccc(SC)cc1)c1cc(C)c(C)cc1C. The third-order valence-corrected chi connectivity index (χ3v) is 4.67. The van der Waals surface area contributed by atoms with Gasteiger partial charge in [-0.1, -0.05) is 24.3 Å². The molecular weight excluding hydrogens is 262 g/mol. The van der Waals surface area contributed by atoms with Gasteiger partial charge in [0, 0.05) is 4.90 Å². The van der Waals surface area contributed by atoms with Crippen molar-refractivity contribution < 1.29 is 0 Å². The molecule has 0 fully saturated rings. The first-order chi connectivity index (χ1) is 9.56. The lowest BCUT2D eigenvalue weighted by molar-refractivity contribution is 0.686. The maximum atomic E-state index is 3.45. The zero-order valence-electron chi connectivity index (χ0n) is 12.9. The van der Waals surface area contributed by atoms with Crippen LogP contribution < -0.4 is 5.32 Å². The standard InChI is InChI=1S/C18H23NS/c1-12-10-14(3)17(11-13(12)2)18(19-4)15-6-8-16(20-5)9-7-15/h6-11,18-19H,1-5H3. The minimum absolute atomic E-state index is 0.255. The van der Waals surface area contributed by atoms with Gasteiger partial charge in [-0.25, -0.2) is 0 Å². The second kappa shape index (κ2) is 6.47. The van der Waals surface area contributed by atoms with Crippen LogP contribution in [0.25, 0.3) is 0 Å². The van der Waals surface area contributed by atoms with Gasteiger partial charge in [0.2, 0.25) is 0 Å². The van der Waals surface area contributed by atoms with Gasteiger partial charge >= 0.3 is 0 Å². The molecule has 0 radical (unpaired) electrons. The van der Waals surface area contributed by atoms with Crippen LogP contribution in [0.5, 0.6) is 0 Å². The topological polar surface area (TPSA) is 12.0 Å². The number of nitrogens with one attached hydrogen (secondary N) is 1. The van der Waals surface area contributed by atoms with Gasteiger partial charge in [0.05, 0.1) is 6.04 Å². The highest BCUT2D eigenvalue weighted by atomic mass is 32.2. The summed E-state index contributed by atoms with van der Waals surface area (Å²) >= 11 is 1.78. The summed E-state index contributed by atoms with van der Waals surface area (Å²) in [6.07, 6.45) is 2.11. The van der Waals surface area contributed by atoms with E-state index in [1.807, 2.05) is 7.05 Å². The molecule has 0 heterocycles. The van der Waals surface area contributed by atoms with E-state index in [0.29, 0.717) is 0 Å². The number of thioether (sulfide) groups is 1. The Hall–Kier alpha value is -1.25. The zero-order valence-corrected chi connectivity index (χ0v) is 13.8. The lowest BCUT2D eigenvalue weighted by Crippen LogP contribution is -2.19. The molecule has 1 atom stereocenters. The summed E-state index contributed by atoms with van der Waals surface area (Å²) < 4.78 is 0. The zero-order chi connectivity index (χ0) is 14.7. The lowest BCUT2D eigenvalue weighted by atomic mass is 9.92. The molecule has 1 N–H and O–H groups in total. The number of rotatable bonds is 4. The van der Waals surface area contributed by atoms with Crippen LogP contribution in [0.15, 0.2) is 41.3 Å². The Balaban J connectivity index is 2.43. The van der Waals surface area contributed by atoms with Gasteiger partial charge in [-0.2, -0.15) is 0 Å². The molecule has 0 aliphatic heterocycles. The second-order valence-corrected chi connectivity index (χ2v) is 6.17. The normalized spacial score (nSPS) is 12.4. The van der Waals surface area contributed by atoms with Crippen molar-refractivity contribution >= 4 is 11.8 Å². The Morgan fingerprint density at radius 3 is 2.05 bits per heavy atom. The first-order valence-corrected chi connectivity index (χ1v) is 8.18. The molecule has 1 unspecified atom stereocenters. The van der Waals surface area contributed by atoms with Crippen LogP contribution in [0.2, 0.25) is 0 Å². The highest BCUT2D eigenvalue weighted by molar-refractivity contribution is 7.98. The minimum Gasteiger partial charge on any atom is -0.309 e. The van der Waals surface area contributed by atoms with E-state index in [2.05, 4.69) is 68.7 Å². The first-order valence-electron chi connectivity index (χ1n) is 6.95.